The maximum absolute atomic E-state index is 12.2. The van der Waals surface area contributed by atoms with Gasteiger partial charge in [-0.1, -0.05) is 11.6 Å². The van der Waals surface area contributed by atoms with Crippen LogP contribution >= 0.6 is 11.6 Å². The molecule has 1 heterocycles. The van der Waals surface area contributed by atoms with E-state index in [0.717, 1.165) is 0 Å². The van der Waals surface area contributed by atoms with Crippen LogP contribution < -0.4 is 10.1 Å². The second kappa shape index (κ2) is 7.79. The Hall–Kier alpha value is -3.52. The Morgan fingerprint density at radius 3 is 2.63 bits per heavy atom. The van der Waals surface area contributed by atoms with E-state index < -0.39 is 10.8 Å². The van der Waals surface area contributed by atoms with E-state index in [4.69, 9.17) is 20.8 Å². The molecule has 1 amide bonds. The van der Waals surface area contributed by atoms with Crippen molar-refractivity contribution in [2.75, 3.05) is 5.32 Å². The number of aromatic hydroxyl groups is 1. The Bertz CT molecular complexity index is 984. The number of phenolic OH excluding ortho intramolecular Hbond substituents is 1. The molecule has 0 saturated carbocycles. The molecule has 138 valence electrons. The number of hydrogen-bond acceptors (Lipinski definition) is 6. The molecule has 3 rings (SSSR count). The number of halogens is 1. The largest absolute Gasteiger partial charge is 0.506 e. The Morgan fingerprint density at radius 2 is 1.93 bits per heavy atom. The van der Waals surface area contributed by atoms with Crippen LogP contribution in [-0.4, -0.2) is 15.9 Å². The number of non-ortho nitro benzene ring substituents is 1. The number of hydrogen-bond donors (Lipinski definition) is 2. The van der Waals surface area contributed by atoms with Crippen molar-refractivity contribution in [2.24, 2.45) is 0 Å². The maximum atomic E-state index is 12.2. The lowest BCUT2D eigenvalue weighted by Gasteiger charge is -2.06. The highest BCUT2D eigenvalue weighted by atomic mass is 35.5. The summed E-state index contributed by atoms with van der Waals surface area (Å²) in [6.45, 7) is 0.0352. The van der Waals surface area contributed by atoms with Crippen molar-refractivity contribution in [2.45, 2.75) is 6.61 Å². The smallest absolute Gasteiger partial charge is 0.291 e. The summed E-state index contributed by atoms with van der Waals surface area (Å²) < 4.78 is 10.9. The van der Waals surface area contributed by atoms with Crippen molar-refractivity contribution in [1.82, 2.24) is 0 Å². The van der Waals surface area contributed by atoms with Crippen LogP contribution in [0.25, 0.3) is 0 Å². The number of phenols is 1. The molecule has 0 bridgehead atoms. The first-order valence-corrected chi connectivity index (χ1v) is 8.06. The summed E-state index contributed by atoms with van der Waals surface area (Å²) in [7, 11) is 0. The summed E-state index contributed by atoms with van der Waals surface area (Å²) in [5, 5.41) is 23.2. The highest BCUT2D eigenvalue weighted by molar-refractivity contribution is 6.31. The van der Waals surface area contributed by atoms with Gasteiger partial charge in [0.05, 0.1) is 10.6 Å². The van der Waals surface area contributed by atoms with Gasteiger partial charge in [0.15, 0.2) is 5.76 Å². The van der Waals surface area contributed by atoms with Crippen molar-refractivity contribution >= 4 is 28.9 Å². The number of rotatable bonds is 6. The van der Waals surface area contributed by atoms with E-state index in [1.807, 2.05) is 0 Å². The molecule has 1 aromatic heterocycles. The van der Waals surface area contributed by atoms with E-state index in [1.165, 1.54) is 48.5 Å². The molecule has 0 atom stereocenters. The van der Waals surface area contributed by atoms with Gasteiger partial charge in [-0.15, -0.1) is 0 Å². The van der Waals surface area contributed by atoms with Gasteiger partial charge in [-0.2, -0.15) is 0 Å². The van der Waals surface area contributed by atoms with Crippen LogP contribution in [0, 0.1) is 10.1 Å². The normalized spacial score (nSPS) is 10.4. The predicted molar refractivity (Wildman–Crippen MR) is 97.2 cm³/mol. The van der Waals surface area contributed by atoms with Crippen LogP contribution in [0.4, 0.5) is 11.4 Å². The molecule has 0 radical (unpaired) electrons. The molecule has 3 aromatic rings. The van der Waals surface area contributed by atoms with Gasteiger partial charge in [0.1, 0.15) is 23.9 Å². The van der Waals surface area contributed by atoms with Crippen molar-refractivity contribution in [3.63, 3.8) is 0 Å². The fourth-order valence-electron chi connectivity index (χ4n) is 2.19. The fourth-order valence-corrected chi connectivity index (χ4v) is 2.36. The molecule has 9 heteroatoms. The summed E-state index contributed by atoms with van der Waals surface area (Å²) in [4.78, 5) is 22.3. The van der Waals surface area contributed by atoms with Crippen LogP contribution in [0.5, 0.6) is 11.5 Å². The summed E-state index contributed by atoms with van der Waals surface area (Å²) in [5.74, 6) is 0.146. The zero-order valence-corrected chi connectivity index (χ0v) is 14.5. The highest BCUT2D eigenvalue weighted by Gasteiger charge is 2.14. The summed E-state index contributed by atoms with van der Waals surface area (Å²) in [5.41, 5.74) is 0.121. The van der Waals surface area contributed by atoms with E-state index in [2.05, 4.69) is 5.32 Å². The monoisotopic (exact) mass is 388 g/mol. The van der Waals surface area contributed by atoms with Gasteiger partial charge in [0.25, 0.3) is 11.6 Å². The van der Waals surface area contributed by atoms with E-state index in [9.17, 15) is 20.0 Å². The van der Waals surface area contributed by atoms with Gasteiger partial charge in [-0.05, 0) is 42.5 Å². The van der Waals surface area contributed by atoms with Crippen LogP contribution in [0.15, 0.2) is 59.0 Å². The van der Waals surface area contributed by atoms with Gasteiger partial charge in [0.2, 0.25) is 0 Å². The summed E-state index contributed by atoms with van der Waals surface area (Å²) in [6.07, 6.45) is 0. The molecule has 0 spiro atoms. The minimum atomic E-state index is -0.561. The van der Waals surface area contributed by atoms with Crippen molar-refractivity contribution < 1.29 is 24.0 Å². The molecular weight excluding hydrogens is 376 g/mol. The van der Waals surface area contributed by atoms with Crippen molar-refractivity contribution in [3.8, 4) is 11.5 Å². The van der Waals surface area contributed by atoms with Gasteiger partial charge in [-0.3, -0.25) is 14.9 Å². The Kier molecular flexibility index (Phi) is 5.28. The van der Waals surface area contributed by atoms with Crippen molar-refractivity contribution in [3.05, 3.63) is 81.3 Å². The van der Waals surface area contributed by atoms with Gasteiger partial charge >= 0.3 is 0 Å². The number of nitrogens with zero attached hydrogens (tertiary/aromatic N) is 1. The van der Waals surface area contributed by atoms with Crippen molar-refractivity contribution in [1.29, 1.82) is 0 Å². The number of ether oxygens (including phenoxy) is 1. The molecule has 2 aromatic carbocycles. The molecule has 2 N–H and O–H groups in total. The zero-order chi connectivity index (χ0) is 19.4. The van der Waals surface area contributed by atoms with Crippen LogP contribution in [-0.2, 0) is 6.61 Å². The van der Waals surface area contributed by atoms with Gasteiger partial charge in [0, 0.05) is 17.2 Å². The molecule has 0 saturated heterocycles. The molecular formula is C18H13ClN2O6. The molecule has 0 unspecified atom stereocenters. The van der Waals surface area contributed by atoms with Crippen LogP contribution in [0.3, 0.4) is 0 Å². The SMILES string of the molecule is O=C(Nc1cc(Cl)ccc1O)c1ccc(COc2ccc([N+](=O)[O-])cc2)o1. The van der Waals surface area contributed by atoms with Gasteiger partial charge < -0.3 is 19.6 Å². The first-order chi connectivity index (χ1) is 12.9. The number of nitrogens with one attached hydrogen (secondary N) is 1. The minimum Gasteiger partial charge on any atom is -0.506 e. The second-order valence-corrected chi connectivity index (χ2v) is 5.86. The summed E-state index contributed by atoms with van der Waals surface area (Å²) >= 11 is 5.84. The topological polar surface area (TPSA) is 115 Å². The molecule has 0 aliphatic carbocycles. The van der Waals surface area contributed by atoms with E-state index in [0.29, 0.717) is 16.5 Å². The lowest BCUT2D eigenvalue weighted by atomic mass is 10.3. The Balaban J connectivity index is 1.61. The number of nitro groups is 1. The zero-order valence-electron chi connectivity index (χ0n) is 13.7. The Labute approximate surface area is 158 Å². The number of carbonyl (C=O) groups is 1. The number of carbonyl (C=O) groups excluding carboxylic acids is 1. The number of benzene rings is 2. The van der Waals surface area contributed by atoms with E-state index in [1.54, 1.807) is 6.07 Å². The first-order valence-electron chi connectivity index (χ1n) is 7.68. The molecule has 0 fully saturated rings. The number of anilines is 1. The molecule has 27 heavy (non-hydrogen) atoms. The minimum absolute atomic E-state index is 0.0247. The standard InChI is InChI=1S/C18H13ClN2O6/c19-11-1-7-16(22)15(9-11)20-18(23)17-8-6-14(27-17)10-26-13-4-2-12(3-5-13)21(24)25/h1-9,22H,10H2,(H,20,23). The van der Waals surface area contributed by atoms with E-state index >= 15 is 0 Å². The average molecular weight is 389 g/mol. The third-order valence-corrected chi connectivity index (χ3v) is 3.76. The lowest BCUT2D eigenvalue weighted by Crippen LogP contribution is -2.11. The average Bonchev–Trinajstić information content (AvgIpc) is 3.12. The van der Waals surface area contributed by atoms with E-state index in [-0.39, 0.29) is 29.5 Å². The first kappa shape index (κ1) is 18.3. The number of amides is 1. The number of nitro benzene ring substituents is 1. The third kappa shape index (κ3) is 4.56. The summed E-state index contributed by atoms with van der Waals surface area (Å²) in [6, 6.07) is 12.9. The Morgan fingerprint density at radius 1 is 1.19 bits per heavy atom. The number of furan rings is 1. The lowest BCUT2D eigenvalue weighted by molar-refractivity contribution is -0.384. The molecule has 0 aliphatic heterocycles. The molecule has 8 nitrogen and oxygen atoms in total. The predicted octanol–water partition coefficient (Wildman–Crippen LogP) is 4.38. The van der Waals surface area contributed by atoms with Crippen LogP contribution in [0.1, 0.15) is 16.3 Å². The fraction of sp³-hybridized carbons (Fsp3) is 0.0556. The second-order valence-electron chi connectivity index (χ2n) is 5.42. The van der Waals surface area contributed by atoms with Gasteiger partial charge in [-0.25, -0.2) is 0 Å². The highest BCUT2D eigenvalue weighted by Crippen LogP contribution is 2.27. The third-order valence-electron chi connectivity index (χ3n) is 3.52. The van der Waals surface area contributed by atoms with Crippen LogP contribution in [0.2, 0.25) is 5.02 Å². The quantitative estimate of drug-likeness (QED) is 0.368. The molecule has 0 aliphatic rings. The maximum Gasteiger partial charge on any atom is 0.291 e.